The molecule has 1 heterocycles. The first-order chi connectivity index (χ1) is 8.59. The van der Waals surface area contributed by atoms with Crippen molar-refractivity contribution in [1.29, 1.82) is 0 Å². The second-order valence-electron chi connectivity index (χ2n) is 3.50. The van der Waals surface area contributed by atoms with Crippen molar-refractivity contribution in [2.24, 2.45) is 0 Å². The zero-order chi connectivity index (χ0) is 13.1. The summed E-state index contributed by atoms with van der Waals surface area (Å²) in [6.45, 7) is 0. The fraction of sp³-hybridized carbons (Fsp3) is 0. The second-order valence-corrected chi connectivity index (χ2v) is 4.25. The molecule has 18 heavy (non-hydrogen) atoms. The SMILES string of the molecule is Nc1c(F)cccc1C(=O)Nc1cccnc1Br. The number of aromatic nitrogens is 1. The smallest absolute Gasteiger partial charge is 0.257 e. The lowest BCUT2D eigenvalue weighted by Crippen LogP contribution is -2.15. The Morgan fingerprint density at radius 2 is 2.11 bits per heavy atom. The number of hydrogen-bond donors (Lipinski definition) is 2. The molecule has 0 saturated carbocycles. The average molecular weight is 310 g/mol. The van der Waals surface area contributed by atoms with Crippen LogP contribution in [0.25, 0.3) is 0 Å². The van der Waals surface area contributed by atoms with Crippen molar-refractivity contribution < 1.29 is 9.18 Å². The van der Waals surface area contributed by atoms with Crippen LogP contribution >= 0.6 is 15.9 Å². The van der Waals surface area contributed by atoms with Gasteiger partial charge in [0.1, 0.15) is 10.4 Å². The summed E-state index contributed by atoms with van der Waals surface area (Å²) in [5.74, 6) is -1.10. The number of nitrogen functional groups attached to an aromatic ring is 1. The maximum atomic E-state index is 13.2. The van der Waals surface area contributed by atoms with Gasteiger partial charge in [0.05, 0.1) is 16.9 Å². The predicted molar refractivity (Wildman–Crippen MR) is 70.7 cm³/mol. The number of benzene rings is 1. The number of nitrogens with zero attached hydrogens (tertiary/aromatic N) is 1. The molecule has 0 spiro atoms. The van der Waals surface area contributed by atoms with Gasteiger partial charge in [-0.3, -0.25) is 4.79 Å². The Kier molecular flexibility index (Phi) is 3.57. The number of pyridine rings is 1. The van der Waals surface area contributed by atoms with Crippen molar-refractivity contribution in [2.75, 3.05) is 11.1 Å². The Bertz CT molecular complexity index is 604. The van der Waals surface area contributed by atoms with Crippen LogP contribution in [0.2, 0.25) is 0 Å². The fourth-order valence-corrected chi connectivity index (χ4v) is 1.75. The standard InChI is InChI=1S/C12H9BrFN3O/c13-11-9(5-2-6-16-11)17-12(18)7-3-1-4-8(14)10(7)15/h1-6H,15H2,(H,17,18). The normalized spacial score (nSPS) is 10.1. The predicted octanol–water partition coefficient (Wildman–Crippen LogP) is 2.82. The molecule has 0 aliphatic heterocycles. The highest BCUT2D eigenvalue weighted by Crippen LogP contribution is 2.21. The van der Waals surface area contributed by atoms with Crippen LogP contribution in [0.3, 0.4) is 0 Å². The van der Waals surface area contributed by atoms with Gasteiger partial charge < -0.3 is 11.1 Å². The van der Waals surface area contributed by atoms with Gasteiger partial charge in [-0.15, -0.1) is 0 Å². The number of carbonyl (C=O) groups excluding carboxylic acids is 1. The van der Waals surface area contributed by atoms with Crippen molar-refractivity contribution in [3.63, 3.8) is 0 Å². The molecule has 0 saturated heterocycles. The summed E-state index contributed by atoms with van der Waals surface area (Å²) >= 11 is 3.20. The third kappa shape index (κ3) is 2.48. The zero-order valence-corrected chi connectivity index (χ0v) is 10.7. The number of nitrogens with one attached hydrogen (secondary N) is 1. The first kappa shape index (κ1) is 12.5. The van der Waals surface area contributed by atoms with E-state index in [-0.39, 0.29) is 11.3 Å². The minimum absolute atomic E-state index is 0.0887. The van der Waals surface area contributed by atoms with E-state index in [0.29, 0.717) is 10.3 Å². The summed E-state index contributed by atoms with van der Waals surface area (Å²) in [5.41, 5.74) is 5.92. The van der Waals surface area contributed by atoms with Crippen LogP contribution in [0.15, 0.2) is 41.1 Å². The molecule has 1 amide bonds. The molecule has 0 atom stereocenters. The van der Waals surface area contributed by atoms with E-state index in [9.17, 15) is 9.18 Å². The topological polar surface area (TPSA) is 68.0 Å². The molecule has 3 N–H and O–H groups in total. The van der Waals surface area contributed by atoms with Crippen molar-refractivity contribution in [3.8, 4) is 0 Å². The van der Waals surface area contributed by atoms with Crippen molar-refractivity contribution in [1.82, 2.24) is 4.98 Å². The lowest BCUT2D eigenvalue weighted by Gasteiger charge is -2.08. The summed E-state index contributed by atoms with van der Waals surface area (Å²) in [6, 6.07) is 7.43. The van der Waals surface area contributed by atoms with Crippen molar-refractivity contribution >= 4 is 33.2 Å². The van der Waals surface area contributed by atoms with E-state index in [1.165, 1.54) is 18.2 Å². The number of hydrogen-bond acceptors (Lipinski definition) is 3. The number of carbonyl (C=O) groups is 1. The molecular formula is C12H9BrFN3O. The van der Waals surface area contributed by atoms with Gasteiger partial charge in [-0.25, -0.2) is 9.37 Å². The molecular weight excluding hydrogens is 301 g/mol. The Morgan fingerprint density at radius 1 is 1.33 bits per heavy atom. The lowest BCUT2D eigenvalue weighted by molar-refractivity contribution is 0.102. The highest BCUT2D eigenvalue weighted by molar-refractivity contribution is 9.10. The Balaban J connectivity index is 2.28. The van der Waals surface area contributed by atoms with E-state index < -0.39 is 11.7 Å². The molecule has 0 aliphatic rings. The monoisotopic (exact) mass is 309 g/mol. The number of rotatable bonds is 2. The molecule has 0 aliphatic carbocycles. The zero-order valence-electron chi connectivity index (χ0n) is 9.15. The molecule has 0 unspecified atom stereocenters. The minimum atomic E-state index is -0.618. The summed E-state index contributed by atoms with van der Waals surface area (Å²) in [6.07, 6.45) is 1.58. The molecule has 2 aromatic rings. The third-order valence-corrected chi connectivity index (χ3v) is 2.94. The van der Waals surface area contributed by atoms with Gasteiger partial charge in [-0.05, 0) is 40.2 Å². The first-order valence-electron chi connectivity index (χ1n) is 5.05. The third-order valence-electron chi connectivity index (χ3n) is 2.30. The number of nitrogens with two attached hydrogens (primary N) is 1. The van der Waals surface area contributed by atoms with Gasteiger partial charge in [0, 0.05) is 6.20 Å². The molecule has 0 radical (unpaired) electrons. The molecule has 92 valence electrons. The molecule has 1 aromatic carbocycles. The Labute approximate surface area is 111 Å². The van der Waals surface area contributed by atoms with Gasteiger partial charge in [0.15, 0.2) is 0 Å². The summed E-state index contributed by atoms with van der Waals surface area (Å²) in [4.78, 5) is 15.9. The molecule has 2 rings (SSSR count). The van der Waals surface area contributed by atoms with Crippen LogP contribution in [0.4, 0.5) is 15.8 Å². The second kappa shape index (κ2) is 5.14. The lowest BCUT2D eigenvalue weighted by atomic mass is 10.1. The largest absolute Gasteiger partial charge is 0.396 e. The molecule has 4 nitrogen and oxygen atoms in total. The number of halogens is 2. The highest BCUT2D eigenvalue weighted by Gasteiger charge is 2.13. The van der Waals surface area contributed by atoms with Crippen LogP contribution in [0.1, 0.15) is 10.4 Å². The Morgan fingerprint density at radius 3 is 2.83 bits per heavy atom. The minimum Gasteiger partial charge on any atom is -0.396 e. The van der Waals surface area contributed by atoms with Gasteiger partial charge in [-0.2, -0.15) is 0 Å². The molecule has 1 aromatic heterocycles. The first-order valence-corrected chi connectivity index (χ1v) is 5.84. The fourth-order valence-electron chi connectivity index (χ4n) is 1.40. The van der Waals surface area contributed by atoms with Crippen molar-refractivity contribution in [2.45, 2.75) is 0 Å². The van der Waals surface area contributed by atoms with Crippen LogP contribution in [-0.4, -0.2) is 10.9 Å². The van der Waals surface area contributed by atoms with Crippen LogP contribution < -0.4 is 11.1 Å². The van der Waals surface area contributed by atoms with E-state index in [1.54, 1.807) is 18.3 Å². The van der Waals surface area contributed by atoms with Gasteiger partial charge >= 0.3 is 0 Å². The molecule has 0 fully saturated rings. The van der Waals surface area contributed by atoms with E-state index in [4.69, 9.17) is 5.73 Å². The van der Waals surface area contributed by atoms with Crippen LogP contribution in [0, 0.1) is 5.82 Å². The average Bonchev–Trinajstić information content (AvgIpc) is 2.35. The van der Waals surface area contributed by atoms with Gasteiger partial charge in [-0.1, -0.05) is 6.07 Å². The Hall–Kier alpha value is -1.95. The van der Waals surface area contributed by atoms with E-state index >= 15 is 0 Å². The maximum Gasteiger partial charge on any atom is 0.257 e. The van der Waals surface area contributed by atoms with Crippen molar-refractivity contribution in [3.05, 3.63) is 52.5 Å². The summed E-state index contributed by atoms with van der Waals surface area (Å²) in [7, 11) is 0. The van der Waals surface area contributed by atoms with Gasteiger partial charge in [0.25, 0.3) is 5.91 Å². The molecule has 6 heteroatoms. The number of anilines is 2. The number of amides is 1. The van der Waals surface area contributed by atoms with Crippen LogP contribution in [-0.2, 0) is 0 Å². The van der Waals surface area contributed by atoms with E-state index in [2.05, 4.69) is 26.2 Å². The maximum absolute atomic E-state index is 13.2. The summed E-state index contributed by atoms with van der Waals surface area (Å²) in [5, 5.41) is 2.60. The highest BCUT2D eigenvalue weighted by atomic mass is 79.9. The van der Waals surface area contributed by atoms with E-state index in [1.807, 2.05) is 0 Å². The molecule has 0 bridgehead atoms. The number of para-hydroxylation sites is 1. The van der Waals surface area contributed by atoms with Crippen LogP contribution in [0.5, 0.6) is 0 Å². The summed E-state index contributed by atoms with van der Waals surface area (Å²) < 4.78 is 13.7. The quantitative estimate of drug-likeness (QED) is 0.662. The van der Waals surface area contributed by atoms with Gasteiger partial charge in [0.2, 0.25) is 0 Å². The van der Waals surface area contributed by atoms with E-state index in [0.717, 1.165) is 0 Å².